The Morgan fingerprint density at radius 1 is 1.26 bits per heavy atom. The Bertz CT molecular complexity index is 1060. The van der Waals surface area contributed by atoms with Crippen LogP contribution in [0.3, 0.4) is 0 Å². The van der Waals surface area contributed by atoms with Gasteiger partial charge in [-0.15, -0.1) is 0 Å². The van der Waals surface area contributed by atoms with E-state index in [1.54, 1.807) is 30.5 Å². The summed E-state index contributed by atoms with van der Waals surface area (Å²) < 4.78 is 5.66. The molecule has 4 N–H and O–H groups in total. The molecule has 0 saturated heterocycles. The van der Waals surface area contributed by atoms with Crippen LogP contribution in [0.25, 0.3) is 0 Å². The molecule has 35 heavy (non-hydrogen) atoms. The Morgan fingerprint density at radius 3 is 2.80 bits per heavy atom. The van der Waals surface area contributed by atoms with Crippen LogP contribution < -0.4 is 20.7 Å². The highest BCUT2D eigenvalue weighted by Gasteiger charge is 2.27. The van der Waals surface area contributed by atoms with Crippen molar-refractivity contribution in [1.29, 1.82) is 0 Å². The van der Waals surface area contributed by atoms with Gasteiger partial charge in [0.05, 0.1) is 31.1 Å². The minimum atomic E-state index is -1.08. The summed E-state index contributed by atoms with van der Waals surface area (Å²) in [6.45, 7) is 2.62. The van der Waals surface area contributed by atoms with Crippen LogP contribution in [0, 0.1) is 0 Å². The molecule has 4 amide bonds. The number of hydrogen-bond donors (Lipinski definition) is 4. The molecule has 0 saturated carbocycles. The summed E-state index contributed by atoms with van der Waals surface area (Å²) in [5.41, 5.74) is 1.18. The number of benzene rings is 1. The lowest BCUT2D eigenvalue weighted by atomic mass is 10.1. The van der Waals surface area contributed by atoms with Crippen molar-refractivity contribution in [3.05, 3.63) is 53.9 Å². The van der Waals surface area contributed by atoms with Crippen molar-refractivity contribution in [1.82, 2.24) is 20.5 Å². The van der Waals surface area contributed by atoms with Crippen molar-refractivity contribution in [2.75, 3.05) is 31.6 Å². The molecule has 1 aliphatic rings. The number of carboxylic acids is 1. The molecule has 0 spiro atoms. The second-order valence-electron chi connectivity index (χ2n) is 8.02. The van der Waals surface area contributed by atoms with Crippen molar-refractivity contribution in [3.63, 3.8) is 0 Å². The van der Waals surface area contributed by atoms with Gasteiger partial charge in [-0.05, 0) is 36.2 Å². The number of carbonyl (C=O) groups excluding carboxylic acids is 3. The zero-order chi connectivity index (χ0) is 25.2. The number of carboxylic acid groups (broad SMARTS) is 1. The van der Waals surface area contributed by atoms with E-state index in [1.165, 1.54) is 17.2 Å². The summed E-state index contributed by atoms with van der Waals surface area (Å²) in [7, 11) is 0. The van der Waals surface area contributed by atoms with Gasteiger partial charge in [0, 0.05) is 24.6 Å². The van der Waals surface area contributed by atoms with E-state index in [9.17, 15) is 24.3 Å². The summed E-state index contributed by atoms with van der Waals surface area (Å²) in [5.74, 6) is -1.67. The normalized spacial score (nSPS) is 13.6. The van der Waals surface area contributed by atoms with E-state index in [1.807, 2.05) is 6.92 Å². The first-order valence-corrected chi connectivity index (χ1v) is 11.4. The lowest BCUT2D eigenvalue weighted by molar-refractivity contribution is -0.137. The van der Waals surface area contributed by atoms with E-state index in [4.69, 9.17) is 4.74 Å². The molecular weight excluding hydrogens is 454 g/mol. The first-order valence-electron chi connectivity index (χ1n) is 11.4. The first-order chi connectivity index (χ1) is 16.9. The third kappa shape index (κ3) is 7.42. The molecule has 1 atom stereocenters. The van der Waals surface area contributed by atoms with Gasteiger partial charge in [-0.2, -0.15) is 0 Å². The molecule has 1 aromatic carbocycles. The van der Waals surface area contributed by atoms with Gasteiger partial charge < -0.3 is 30.7 Å². The van der Waals surface area contributed by atoms with E-state index in [0.29, 0.717) is 23.5 Å². The second-order valence-corrected chi connectivity index (χ2v) is 8.02. The molecule has 1 aromatic heterocycles. The van der Waals surface area contributed by atoms with Gasteiger partial charge in [-0.3, -0.25) is 19.4 Å². The van der Waals surface area contributed by atoms with Gasteiger partial charge in [0.1, 0.15) is 12.4 Å². The molecule has 0 radical (unpaired) electrons. The van der Waals surface area contributed by atoms with Gasteiger partial charge in [0.15, 0.2) is 0 Å². The molecule has 3 rings (SSSR count). The zero-order valence-electron chi connectivity index (χ0n) is 19.5. The van der Waals surface area contributed by atoms with Gasteiger partial charge in [-0.1, -0.05) is 19.4 Å². The molecular formula is C24H29N5O6. The van der Waals surface area contributed by atoms with Crippen LogP contribution in [0.1, 0.15) is 48.1 Å². The number of unbranched alkanes of at least 4 members (excludes halogenated alkanes) is 1. The number of nitrogens with zero attached hydrogens (tertiary/aromatic N) is 2. The standard InChI is InChI=1S/C24H29N5O6/c1-2-3-9-26-24(34)27-17-6-7-20-18(12-17)23(33)29(10-11-35-20)15-21(30)28-19(13-22(31)32)16-5-4-8-25-14-16/h4-8,12,14,19H,2-3,9-11,13,15H2,1H3,(H,28,30)(H,31,32)(H2,26,27,34)/t19-/m0/s1. The Kier molecular flexibility index (Phi) is 8.99. The highest BCUT2D eigenvalue weighted by atomic mass is 16.5. The smallest absolute Gasteiger partial charge is 0.319 e. The predicted molar refractivity (Wildman–Crippen MR) is 127 cm³/mol. The first kappa shape index (κ1) is 25.5. The van der Waals surface area contributed by atoms with Gasteiger partial charge in [0.2, 0.25) is 5.91 Å². The van der Waals surface area contributed by atoms with Crippen LogP contribution in [-0.4, -0.2) is 65.0 Å². The van der Waals surface area contributed by atoms with Crippen molar-refractivity contribution in [2.24, 2.45) is 0 Å². The van der Waals surface area contributed by atoms with Gasteiger partial charge in [-0.25, -0.2) is 4.79 Å². The summed E-state index contributed by atoms with van der Waals surface area (Å²) in [6, 6.07) is 6.91. The number of aliphatic carboxylic acids is 1. The fraction of sp³-hybridized carbons (Fsp3) is 0.375. The molecule has 1 aliphatic heterocycles. The second kappa shape index (κ2) is 12.4. The Morgan fingerprint density at radius 2 is 2.09 bits per heavy atom. The summed E-state index contributed by atoms with van der Waals surface area (Å²) in [4.78, 5) is 54.6. The molecule has 2 heterocycles. The summed E-state index contributed by atoms with van der Waals surface area (Å²) in [6.07, 6.45) is 4.52. The molecule has 2 aromatic rings. The average molecular weight is 484 g/mol. The SMILES string of the molecule is CCCCNC(=O)Nc1ccc2c(c1)C(=O)N(CC(=O)N[C@@H](CC(=O)O)c1cccnc1)CCO2. The maximum Gasteiger partial charge on any atom is 0.319 e. The number of urea groups is 1. The van der Waals surface area contributed by atoms with Crippen LogP contribution in [0.2, 0.25) is 0 Å². The lowest BCUT2D eigenvalue weighted by Gasteiger charge is -2.22. The highest BCUT2D eigenvalue weighted by molar-refractivity contribution is 6.01. The van der Waals surface area contributed by atoms with Crippen molar-refractivity contribution >= 4 is 29.5 Å². The minimum absolute atomic E-state index is 0.164. The zero-order valence-corrected chi connectivity index (χ0v) is 19.5. The number of aromatic nitrogens is 1. The number of carbonyl (C=O) groups is 4. The molecule has 0 bridgehead atoms. The van der Waals surface area contributed by atoms with Crippen LogP contribution in [0.4, 0.5) is 10.5 Å². The number of rotatable bonds is 10. The van der Waals surface area contributed by atoms with Crippen LogP contribution in [-0.2, 0) is 9.59 Å². The monoisotopic (exact) mass is 483 g/mol. The third-order valence-electron chi connectivity index (χ3n) is 5.32. The van der Waals surface area contributed by atoms with Crippen LogP contribution >= 0.6 is 0 Å². The Labute approximate surface area is 202 Å². The number of hydrogen-bond acceptors (Lipinski definition) is 6. The topological polar surface area (TPSA) is 150 Å². The number of amides is 4. The molecule has 11 nitrogen and oxygen atoms in total. The maximum absolute atomic E-state index is 13.2. The number of pyridine rings is 1. The lowest BCUT2D eigenvalue weighted by Crippen LogP contribution is -2.43. The predicted octanol–water partition coefficient (Wildman–Crippen LogP) is 2.17. The van der Waals surface area contributed by atoms with E-state index in [-0.39, 0.29) is 37.7 Å². The summed E-state index contributed by atoms with van der Waals surface area (Å²) in [5, 5.41) is 17.3. The Hall–Kier alpha value is -4.15. The van der Waals surface area contributed by atoms with Crippen LogP contribution in [0.15, 0.2) is 42.7 Å². The number of fused-ring (bicyclic) bond motifs is 1. The van der Waals surface area contributed by atoms with Crippen LogP contribution in [0.5, 0.6) is 5.75 Å². The molecule has 11 heteroatoms. The van der Waals surface area contributed by atoms with E-state index in [2.05, 4.69) is 20.9 Å². The van der Waals surface area contributed by atoms with E-state index >= 15 is 0 Å². The van der Waals surface area contributed by atoms with E-state index < -0.39 is 23.8 Å². The highest BCUT2D eigenvalue weighted by Crippen LogP contribution is 2.26. The van der Waals surface area contributed by atoms with Crippen molar-refractivity contribution in [3.8, 4) is 5.75 Å². The third-order valence-corrected chi connectivity index (χ3v) is 5.32. The fourth-order valence-electron chi connectivity index (χ4n) is 3.57. The number of ether oxygens (including phenoxy) is 1. The minimum Gasteiger partial charge on any atom is -0.491 e. The molecule has 186 valence electrons. The molecule has 0 unspecified atom stereocenters. The van der Waals surface area contributed by atoms with Crippen molar-refractivity contribution < 1.29 is 29.0 Å². The Balaban J connectivity index is 1.68. The van der Waals surface area contributed by atoms with Crippen molar-refractivity contribution in [2.45, 2.75) is 32.2 Å². The number of nitrogens with one attached hydrogen (secondary N) is 3. The maximum atomic E-state index is 13.2. The largest absolute Gasteiger partial charge is 0.491 e. The average Bonchev–Trinajstić information content (AvgIpc) is 2.98. The fourth-order valence-corrected chi connectivity index (χ4v) is 3.57. The van der Waals surface area contributed by atoms with E-state index in [0.717, 1.165) is 12.8 Å². The van der Waals surface area contributed by atoms with Gasteiger partial charge in [0.25, 0.3) is 5.91 Å². The molecule has 0 aliphatic carbocycles. The quantitative estimate of drug-likeness (QED) is 0.378. The molecule has 0 fully saturated rings. The summed E-state index contributed by atoms with van der Waals surface area (Å²) >= 11 is 0. The number of anilines is 1. The van der Waals surface area contributed by atoms with Gasteiger partial charge >= 0.3 is 12.0 Å².